The number of fused-ring (bicyclic) bond motifs is 1. The minimum atomic E-state index is -0.445. The second-order valence-electron chi connectivity index (χ2n) is 5.71. The Morgan fingerprint density at radius 2 is 2.15 bits per heavy atom. The number of halogens is 1. The number of rotatable bonds is 4. The number of carbonyl (C=O) groups excluding carboxylic acids is 1. The topological polar surface area (TPSA) is 81.9 Å². The molecular formula is C17H14BrN5O2S. The molecule has 1 unspecified atom stereocenters. The summed E-state index contributed by atoms with van der Waals surface area (Å²) in [7, 11) is 0. The Morgan fingerprint density at radius 1 is 1.35 bits per heavy atom. The molecular weight excluding hydrogens is 418 g/mol. The van der Waals surface area contributed by atoms with Crippen LogP contribution in [0.1, 0.15) is 23.4 Å². The summed E-state index contributed by atoms with van der Waals surface area (Å²) in [5.41, 5.74) is 2.10. The summed E-state index contributed by atoms with van der Waals surface area (Å²) in [4.78, 5) is 13.9. The van der Waals surface area contributed by atoms with Gasteiger partial charge in [0.05, 0.1) is 5.57 Å². The van der Waals surface area contributed by atoms with Gasteiger partial charge in [-0.1, -0.05) is 35.4 Å². The molecule has 7 nitrogen and oxygen atoms in total. The van der Waals surface area contributed by atoms with Crippen molar-refractivity contribution in [1.82, 2.24) is 20.2 Å². The maximum atomic E-state index is 12.9. The molecule has 3 aromatic rings. The molecule has 1 N–H and O–H groups in total. The Hall–Kier alpha value is -2.52. The molecule has 4 rings (SSSR count). The zero-order valence-corrected chi connectivity index (χ0v) is 16.1. The standard InChI is InChI=1S/C17H14BrN5O2S/c1-10-13(16(24)25-9-11-5-3-2-4-6-11)14(15-12(18)7-8-26-15)23-17(19-10)20-21-22-23/h2-8,14H,9H2,1H3,(H,19,20,22). The van der Waals surface area contributed by atoms with Gasteiger partial charge in [-0.2, -0.15) is 4.68 Å². The SMILES string of the molecule is CC1=C(C(=O)OCc2ccccc2)C(c2sccc2Br)n2nnnc2N1. The number of thiophene rings is 1. The Balaban J connectivity index is 1.68. The molecule has 26 heavy (non-hydrogen) atoms. The zero-order valence-electron chi connectivity index (χ0n) is 13.7. The smallest absolute Gasteiger partial charge is 0.338 e. The van der Waals surface area contributed by atoms with Crippen molar-refractivity contribution in [1.29, 1.82) is 0 Å². The summed E-state index contributed by atoms with van der Waals surface area (Å²) >= 11 is 5.08. The van der Waals surface area contributed by atoms with Crippen LogP contribution in [-0.4, -0.2) is 26.2 Å². The number of aromatic nitrogens is 4. The average Bonchev–Trinajstić information content (AvgIpc) is 3.28. The second-order valence-corrected chi connectivity index (χ2v) is 7.51. The fourth-order valence-corrected chi connectivity index (χ4v) is 4.50. The lowest BCUT2D eigenvalue weighted by molar-refractivity contribution is -0.140. The number of nitrogens with one attached hydrogen (secondary N) is 1. The monoisotopic (exact) mass is 431 g/mol. The highest BCUT2D eigenvalue weighted by atomic mass is 79.9. The van der Waals surface area contributed by atoms with Gasteiger partial charge in [0.25, 0.3) is 0 Å². The van der Waals surface area contributed by atoms with Crippen molar-refractivity contribution in [2.24, 2.45) is 0 Å². The van der Waals surface area contributed by atoms with Gasteiger partial charge < -0.3 is 10.1 Å². The molecule has 132 valence electrons. The second kappa shape index (κ2) is 7.00. The Bertz CT molecular complexity index is 982. The third-order valence-corrected chi connectivity index (χ3v) is 5.96. The van der Waals surface area contributed by atoms with Crippen LogP contribution in [0.2, 0.25) is 0 Å². The molecule has 1 aliphatic heterocycles. The fraction of sp³-hybridized carbons (Fsp3) is 0.176. The number of nitrogens with zero attached hydrogens (tertiary/aromatic N) is 4. The van der Waals surface area contributed by atoms with Crippen LogP contribution in [0, 0.1) is 0 Å². The number of allylic oxidation sites excluding steroid dienone is 1. The van der Waals surface area contributed by atoms with E-state index in [0.717, 1.165) is 14.9 Å². The number of esters is 1. The molecule has 3 heterocycles. The molecule has 9 heteroatoms. The molecule has 0 radical (unpaired) electrons. The van der Waals surface area contributed by atoms with Crippen molar-refractivity contribution < 1.29 is 9.53 Å². The summed E-state index contributed by atoms with van der Waals surface area (Å²) in [5.74, 6) is 0.0951. The highest BCUT2D eigenvalue weighted by molar-refractivity contribution is 9.10. The number of hydrogen-bond acceptors (Lipinski definition) is 7. The van der Waals surface area contributed by atoms with E-state index < -0.39 is 12.0 Å². The van der Waals surface area contributed by atoms with Gasteiger partial charge in [-0.15, -0.1) is 11.3 Å². The largest absolute Gasteiger partial charge is 0.457 e. The van der Waals surface area contributed by atoms with E-state index in [0.29, 0.717) is 17.2 Å². The van der Waals surface area contributed by atoms with E-state index in [4.69, 9.17) is 4.74 Å². The quantitative estimate of drug-likeness (QED) is 0.636. The van der Waals surface area contributed by atoms with Crippen molar-refractivity contribution in [3.63, 3.8) is 0 Å². The molecule has 1 aromatic carbocycles. The van der Waals surface area contributed by atoms with Crippen molar-refractivity contribution in [3.05, 3.63) is 68.0 Å². The minimum Gasteiger partial charge on any atom is -0.457 e. The predicted molar refractivity (Wildman–Crippen MR) is 101 cm³/mol. The van der Waals surface area contributed by atoms with E-state index in [1.54, 1.807) is 4.68 Å². The number of benzene rings is 1. The Morgan fingerprint density at radius 3 is 2.88 bits per heavy atom. The first-order valence-corrected chi connectivity index (χ1v) is 9.52. The van der Waals surface area contributed by atoms with Crippen LogP contribution < -0.4 is 5.32 Å². The average molecular weight is 432 g/mol. The van der Waals surface area contributed by atoms with Gasteiger partial charge in [0.1, 0.15) is 12.6 Å². The minimum absolute atomic E-state index is 0.206. The van der Waals surface area contributed by atoms with Crippen LogP contribution in [0.15, 0.2) is 57.5 Å². The van der Waals surface area contributed by atoms with E-state index in [2.05, 4.69) is 36.8 Å². The number of tetrazole rings is 1. The van der Waals surface area contributed by atoms with Crippen LogP contribution in [0.25, 0.3) is 0 Å². The maximum Gasteiger partial charge on any atom is 0.338 e. The van der Waals surface area contributed by atoms with Gasteiger partial charge in [-0.05, 0) is 50.3 Å². The van der Waals surface area contributed by atoms with Crippen LogP contribution in [0.4, 0.5) is 5.95 Å². The maximum absolute atomic E-state index is 12.9. The number of hydrogen-bond donors (Lipinski definition) is 1. The molecule has 0 spiro atoms. The zero-order chi connectivity index (χ0) is 18.1. The molecule has 0 bridgehead atoms. The third-order valence-electron chi connectivity index (χ3n) is 4.04. The number of anilines is 1. The molecule has 0 aliphatic carbocycles. The van der Waals surface area contributed by atoms with E-state index in [1.165, 1.54) is 11.3 Å². The van der Waals surface area contributed by atoms with Crippen LogP contribution in [0.3, 0.4) is 0 Å². The molecule has 0 saturated carbocycles. The van der Waals surface area contributed by atoms with Gasteiger partial charge in [-0.3, -0.25) is 0 Å². The molecule has 1 atom stereocenters. The highest BCUT2D eigenvalue weighted by Gasteiger charge is 2.36. The van der Waals surface area contributed by atoms with Gasteiger partial charge in [0.2, 0.25) is 5.95 Å². The molecule has 0 fully saturated rings. The highest BCUT2D eigenvalue weighted by Crippen LogP contribution is 2.40. The summed E-state index contributed by atoms with van der Waals surface area (Å²) in [6, 6.07) is 11.1. The van der Waals surface area contributed by atoms with E-state index in [-0.39, 0.29) is 6.61 Å². The summed E-state index contributed by atoms with van der Waals surface area (Å²) in [6.45, 7) is 2.03. The summed E-state index contributed by atoms with van der Waals surface area (Å²) in [5, 5.41) is 16.8. The first-order chi connectivity index (χ1) is 12.6. The van der Waals surface area contributed by atoms with Crippen molar-refractivity contribution in [3.8, 4) is 0 Å². The molecule has 0 saturated heterocycles. The number of carbonyl (C=O) groups is 1. The van der Waals surface area contributed by atoms with Gasteiger partial charge >= 0.3 is 5.97 Å². The molecule has 1 aliphatic rings. The lowest BCUT2D eigenvalue weighted by Gasteiger charge is -2.26. The fourth-order valence-electron chi connectivity index (χ4n) is 2.82. The van der Waals surface area contributed by atoms with E-state index in [1.807, 2.05) is 48.7 Å². The lowest BCUT2D eigenvalue weighted by atomic mass is 10.0. The van der Waals surface area contributed by atoms with Crippen molar-refractivity contribution in [2.45, 2.75) is 19.6 Å². The van der Waals surface area contributed by atoms with Crippen molar-refractivity contribution >= 4 is 39.2 Å². The number of ether oxygens (including phenoxy) is 1. The van der Waals surface area contributed by atoms with Crippen molar-refractivity contribution in [2.75, 3.05) is 5.32 Å². The molecule has 2 aromatic heterocycles. The van der Waals surface area contributed by atoms with E-state index >= 15 is 0 Å². The van der Waals surface area contributed by atoms with E-state index in [9.17, 15) is 4.79 Å². The van der Waals surface area contributed by atoms with Gasteiger partial charge in [0, 0.05) is 15.0 Å². The molecule has 0 amide bonds. The predicted octanol–water partition coefficient (Wildman–Crippen LogP) is 3.53. The first-order valence-electron chi connectivity index (χ1n) is 7.84. The Kier molecular flexibility index (Phi) is 4.56. The van der Waals surface area contributed by atoms with Crippen LogP contribution in [0.5, 0.6) is 0 Å². The van der Waals surface area contributed by atoms with Crippen LogP contribution in [-0.2, 0) is 16.1 Å². The van der Waals surface area contributed by atoms with Crippen LogP contribution >= 0.6 is 27.3 Å². The van der Waals surface area contributed by atoms with Gasteiger partial charge in [-0.25, -0.2) is 4.79 Å². The summed E-state index contributed by atoms with van der Waals surface area (Å²) in [6.07, 6.45) is 0. The Labute approximate surface area is 161 Å². The normalized spacial score (nSPS) is 16.2. The third kappa shape index (κ3) is 3.04. The summed E-state index contributed by atoms with van der Waals surface area (Å²) < 4.78 is 8.07. The van der Waals surface area contributed by atoms with Gasteiger partial charge in [0.15, 0.2) is 0 Å². The lowest BCUT2D eigenvalue weighted by Crippen LogP contribution is -2.29. The first kappa shape index (κ1) is 16.9.